The number of nitrogens with zero attached hydrogens (tertiary/aromatic N) is 4. The fourth-order valence-electron chi connectivity index (χ4n) is 5.81. The van der Waals surface area contributed by atoms with Gasteiger partial charge in [0.05, 0.1) is 42.1 Å². The van der Waals surface area contributed by atoms with Crippen LogP contribution in [0.15, 0.2) is 70.0 Å². The number of aliphatic hydroxyl groups excluding tert-OH is 1. The molecule has 278 valence electrons. The second-order valence-electron chi connectivity index (χ2n) is 13.1. The van der Waals surface area contributed by atoms with E-state index in [1.807, 2.05) is 49.6 Å². The van der Waals surface area contributed by atoms with Gasteiger partial charge >= 0.3 is 6.03 Å². The van der Waals surface area contributed by atoms with Gasteiger partial charge in [-0.1, -0.05) is 74.3 Å². The van der Waals surface area contributed by atoms with Crippen LogP contribution in [0.3, 0.4) is 0 Å². The Hall–Kier alpha value is -3.89. The zero-order valence-electron chi connectivity index (χ0n) is 29.6. The highest BCUT2D eigenvalue weighted by molar-refractivity contribution is 7.89. The van der Waals surface area contributed by atoms with E-state index >= 15 is 0 Å². The molecule has 2 aromatic carbocycles. The summed E-state index contributed by atoms with van der Waals surface area (Å²) in [5.74, 6) is -0.566. The van der Waals surface area contributed by atoms with Crippen LogP contribution in [0.4, 0.5) is 4.79 Å². The van der Waals surface area contributed by atoms with Crippen molar-refractivity contribution >= 4 is 39.5 Å². The van der Waals surface area contributed by atoms with Gasteiger partial charge in [0.1, 0.15) is 11.0 Å². The summed E-state index contributed by atoms with van der Waals surface area (Å²) in [6, 6.07) is 13.1. The van der Waals surface area contributed by atoms with Gasteiger partial charge in [0, 0.05) is 32.6 Å². The number of hydrogen-bond acceptors (Lipinski definition) is 10. The minimum absolute atomic E-state index is 0.0454. The van der Waals surface area contributed by atoms with Gasteiger partial charge in [-0.05, 0) is 54.4 Å². The molecule has 13 nitrogen and oxygen atoms in total. The lowest BCUT2D eigenvalue weighted by molar-refractivity contribution is -0.125. The Bertz CT molecular complexity index is 1680. The normalized spacial score (nSPS) is 16.0. The highest BCUT2D eigenvalue weighted by Gasteiger charge is 2.35. The second-order valence-corrected chi connectivity index (χ2v) is 16.0. The first-order valence-electron chi connectivity index (χ1n) is 17.2. The molecule has 1 aliphatic carbocycles. The van der Waals surface area contributed by atoms with E-state index in [0.29, 0.717) is 24.3 Å². The number of oxime groups is 1. The average molecular weight is 743 g/mol. The Morgan fingerprint density at radius 1 is 1.14 bits per heavy atom. The molecule has 1 aliphatic rings. The first-order chi connectivity index (χ1) is 24.4. The predicted octanol–water partition coefficient (Wildman–Crippen LogP) is 4.23. The van der Waals surface area contributed by atoms with E-state index in [1.165, 1.54) is 38.9 Å². The maximum atomic E-state index is 14.0. The van der Waals surface area contributed by atoms with Crippen molar-refractivity contribution in [2.45, 2.75) is 82.2 Å². The van der Waals surface area contributed by atoms with E-state index in [1.54, 1.807) is 26.3 Å². The van der Waals surface area contributed by atoms with Crippen LogP contribution in [-0.4, -0.2) is 96.5 Å². The van der Waals surface area contributed by atoms with Crippen molar-refractivity contribution in [2.75, 3.05) is 27.2 Å². The topological polar surface area (TPSA) is 174 Å². The average Bonchev–Trinajstić information content (AvgIpc) is 3.54. The van der Waals surface area contributed by atoms with Crippen LogP contribution >= 0.6 is 11.3 Å². The third kappa shape index (κ3) is 11.3. The highest BCUT2D eigenvalue weighted by atomic mass is 32.2. The van der Waals surface area contributed by atoms with Gasteiger partial charge in [-0.15, -0.1) is 11.3 Å². The number of carbonyl (C=O) groups excluding carboxylic acids is 2. The number of sulfonamides is 1. The highest BCUT2D eigenvalue weighted by Crippen LogP contribution is 2.30. The monoisotopic (exact) mass is 742 g/mol. The lowest BCUT2D eigenvalue weighted by Gasteiger charge is -2.35. The quantitative estimate of drug-likeness (QED) is 0.0803. The summed E-state index contributed by atoms with van der Waals surface area (Å²) in [4.78, 5) is 33.4. The minimum atomic E-state index is -4.04. The molecule has 0 aliphatic heterocycles. The van der Waals surface area contributed by atoms with E-state index in [-0.39, 0.29) is 42.8 Å². The fourth-order valence-corrected chi connectivity index (χ4v) is 8.10. The largest absolute Gasteiger partial charge is 0.411 e. The summed E-state index contributed by atoms with van der Waals surface area (Å²) in [7, 11) is -0.821. The molecular weight excluding hydrogens is 693 g/mol. The van der Waals surface area contributed by atoms with E-state index in [2.05, 4.69) is 20.8 Å². The summed E-state index contributed by atoms with van der Waals surface area (Å²) in [6.45, 7) is 4.39. The Morgan fingerprint density at radius 3 is 2.45 bits per heavy atom. The van der Waals surface area contributed by atoms with Crippen LogP contribution in [-0.2, 0) is 39.1 Å². The molecule has 4 N–H and O–H groups in total. The van der Waals surface area contributed by atoms with Gasteiger partial charge in [0.25, 0.3) is 0 Å². The summed E-state index contributed by atoms with van der Waals surface area (Å²) in [5.41, 5.74) is 2.08. The first kappa shape index (κ1) is 39.9. The van der Waals surface area contributed by atoms with Crippen LogP contribution in [0, 0.1) is 11.8 Å². The maximum Gasteiger partial charge on any atom is 0.318 e. The van der Waals surface area contributed by atoms with Crippen molar-refractivity contribution in [3.8, 4) is 0 Å². The lowest BCUT2D eigenvalue weighted by atomic mass is 9.85. The molecule has 0 saturated heterocycles. The molecule has 1 fully saturated rings. The van der Waals surface area contributed by atoms with Crippen LogP contribution in [0.1, 0.15) is 61.4 Å². The molecule has 0 spiro atoms. The predicted molar refractivity (Wildman–Crippen MR) is 196 cm³/mol. The van der Waals surface area contributed by atoms with Crippen molar-refractivity contribution in [3.63, 3.8) is 0 Å². The van der Waals surface area contributed by atoms with Gasteiger partial charge < -0.3 is 30.6 Å². The van der Waals surface area contributed by atoms with Crippen molar-refractivity contribution in [1.29, 1.82) is 0 Å². The Labute approximate surface area is 304 Å². The van der Waals surface area contributed by atoms with Crippen LogP contribution in [0.5, 0.6) is 0 Å². The van der Waals surface area contributed by atoms with Gasteiger partial charge in [0.15, 0.2) is 0 Å². The van der Waals surface area contributed by atoms with Crippen molar-refractivity contribution in [3.05, 3.63) is 81.8 Å². The molecule has 15 heteroatoms. The van der Waals surface area contributed by atoms with Crippen LogP contribution in [0.25, 0.3) is 0 Å². The summed E-state index contributed by atoms with van der Waals surface area (Å²) >= 11 is 1.44. The van der Waals surface area contributed by atoms with E-state index < -0.39 is 40.1 Å². The molecule has 0 radical (unpaired) electrons. The maximum absolute atomic E-state index is 14.0. The number of carbonyl (C=O) groups is 2. The van der Waals surface area contributed by atoms with Crippen LogP contribution in [0.2, 0.25) is 0 Å². The third-order valence-corrected chi connectivity index (χ3v) is 12.0. The summed E-state index contributed by atoms with van der Waals surface area (Å²) in [6.07, 6.45) is 3.53. The standard InChI is InChI=1S/C36H50N6O7S2/c1-5-25(2)34(40-36(45)41(3)21-29-24-50-33(38-29)23-49-4)35(44)39-31(18-26-10-7-6-8-11-26)32(43)22-42(20-28-12-9-13-28)51(47,48)30-16-14-27(15-17-30)19-37-46/h6-8,10-11,14-17,19,24-25,28,31-32,34,43,46H,5,9,12-13,18,20-23H2,1-4H3,(H,39,44)(H,40,45)/b37-19+/t25-,31-,32?,34+/m0/s1. The molecule has 1 heterocycles. The molecule has 0 bridgehead atoms. The van der Waals surface area contributed by atoms with Crippen LogP contribution < -0.4 is 10.6 Å². The number of urea groups is 1. The van der Waals surface area contributed by atoms with Crippen molar-refractivity contribution < 1.29 is 33.1 Å². The zero-order valence-corrected chi connectivity index (χ0v) is 31.3. The number of methoxy groups -OCH3 is 1. The second kappa shape index (κ2) is 19.1. The number of amides is 3. The zero-order chi connectivity index (χ0) is 37.0. The minimum Gasteiger partial charge on any atom is -0.411 e. The van der Waals surface area contributed by atoms with E-state index in [4.69, 9.17) is 9.94 Å². The molecule has 1 aromatic heterocycles. The summed E-state index contributed by atoms with van der Waals surface area (Å²) < 4.78 is 34.4. The summed E-state index contributed by atoms with van der Waals surface area (Å²) in [5, 5.41) is 32.2. The van der Waals surface area contributed by atoms with E-state index in [9.17, 15) is 23.1 Å². The number of benzene rings is 2. The molecule has 4 rings (SSSR count). The SMILES string of the molecule is CC[C@H](C)[C@@H](NC(=O)N(C)Cc1csc(COC)n1)C(=O)N[C@@H](Cc1ccccc1)C(O)CN(CC1CCC1)S(=O)(=O)c1ccc(/C=N/O)cc1. The number of thiazole rings is 1. The smallest absolute Gasteiger partial charge is 0.318 e. The Balaban J connectivity index is 1.54. The van der Waals surface area contributed by atoms with Gasteiger partial charge in [0.2, 0.25) is 15.9 Å². The van der Waals surface area contributed by atoms with Gasteiger partial charge in [-0.3, -0.25) is 4.79 Å². The fraction of sp³-hybridized carbons (Fsp3) is 0.500. The molecular formula is C36H50N6O7S2. The Kier molecular flexibility index (Phi) is 14.9. The Morgan fingerprint density at radius 2 is 1.84 bits per heavy atom. The van der Waals surface area contributed by atoms with Crippen molar-refractivity contribution in [1.82, 2.24) is 24.8 Å². The van der Waals surface area contributed by atoms with Crippen molar-refractivity contribution in [2.24, 2.45) is 17.0 Å². The molecule has 1 saturated carbocycles. The molecule has 1 unspecified atom stereocenters. The molecule has 3 aromatic rings. The number of rotatable bonds is 19. The van der Waals surface area contributed by atoms with E-state index in [0.717, 1.165) is 29.8 Å². The number of aromatic nitrogens is 1. The number of ether oxygens (including phenoxy) is 1. The lowest BCUT2D eigenvalue weighted by Crippen LogP contribution is -2.58. The molecule has 51 heavy (non-hydrogen) atoms. The number of aliphatic hydroxyl groups is 1. The van der Waals surface area contributed by atoms with Gasteiger partial charge in [-0.25, -0.2) is 18.2 Å². The third-order valence-electron chi connectivity index (χ3n) is 9.28. The number of hydrogen-bond donors (Lipinski definition) is 4. The number of nitrogens with one attached hydrogen (secondary N) is 2. The molecule has 4 atom stereocenters. The first-order valence-corrected chi connectivity index (χ1v) is 19.5. The van der Waals surface area contributed by atoms with Gasteiger partial charge in [-0.2, -0.15) is 4.31 Å². The molecule has 3 amide bonds.